The Morgan fingerprint density at radius 1 is 1.22 bits per heavy atom. The first-order valence-electron chi connectivity index (χ1n) is 11.2. The number of alkyl carbamates (subject to hydrolysis) is 1. The van der Waals surface area contributed by atoms with Gasteiger partial charge in [-0.2, -0.15) is 0 Å². The van der Waals surface area contributed by atoms with Gasteiger partial charge in [-0.25, -0.2) is 4.79 Å². The van der Waals surface area contributed by atoms with Crippen LogP contribution in [0.15, 0.2) is 29.3 Å². The van der Waals surface area contributed by atoms with Gasteiger partial charge in [0.1, 0.15) is 5.60 Å². The van der Waals surface area contributed by atoms with E-state index in [1.54, 1.807) is 20.2 Å². The number of nitrogens with zero attached hydrogens (tertiary/aromatic N) is 2. The molecule has 8 nitrogen and oxygen atoms in total. The van der Waals surface area contributed by atoms with Crippen LogP contribution >= 0.6 is 0 Å². The Balaban J connectivity index is 2.56. The molecule has 1 atom stereocenters. The summed E-state index contributed by atoms with van der Waals surface area (Å²) in [5.74, 6) is 0.973. The van der Waals surface area contributed by atoms with Crippen LogP contribution in [0.5, 0.6) is 0 Å². The van der Waals surface area contributed by atoms with Crippen molar-refractivity contribution in [2.75, 3.05) is 34.2 Å². The van der Waals surface area contributed by atoms with Crippen LogP contribution in [0.2, 0.25) is 0 Å². The first-order valence-corrected chi connectivity index (χ1v) is 11.2. The molecule has 1 unspecified atom stereocenters. The number of carbonyl (C=O) groups is 2. The van der Waals surface area contributed by atoms with Crippen LogP contribution in [0.3, 0.4) is 0 Å². The maximum absolute atomic E-state index is 12.2. The Hall–Kier alpha value is -2.77. The van der Waals surface area contributed by atoms with Gasteiger partial charge in [-0.3, -0.25) is 9.79 Å². The van der Waals surface area contributed by atoms with Gasteiger partial charge in [0.05, 0.1) is 0 Å². The highest BCUT2D eigenvalue weighted by Crippen LogP contribution is 2.11. The van der Waals surface area contributed by atoms with Crippen LogP contribution in [-0.2, 0) is 11.2 Å². The van der Waals surface area contributed by atoms with Crippen LogP contribution < -0.4 is 16.0 Å². The number of hydrogen-bond acceptors (Lipinski definition) is 4. The van der Waals surface area contributed by atoms with Crippen molar-refractivity contribution in [1.29, 1.82) is 0 Å². The van der Waals surface area contributed by atoms with Crippen molar-refractivity contribution in [3.8, 4) is 0 Å². The van der Waals surface area contributed by atoms with E-state index in [0.29, 0.717) is 12.1 Å². The Bertz CT molecular complexity index is 771. The molecule has 1 aromatic rings. The number of ether oxygens (including phenoxy) is 1. The summed E-state index contributed by atoms with van der Waals surface area (Å²) in [6.45, 7) is 11.2. The lowest BCUT2D eigenvalue weighted by Crippen LogP contribution is -2.45. The van der Waals surface area contributed by atoms with E-state index in [0.717, 1.165) is 30.9 Å². The molecule has 32 heavy (non-hydrogen) atoms. The largest absolute Gasteiger partial charge is 0.444 e. The van der Waals surface area contributed by atoms with Crippen LogP contribution in [0.4, 0.5) is 4.79 Å². The summed E-state index contributed by atoms with van der Waals surface area (Å²) < 4.78 is 5.39. The molecule has 1 rings (SSSR count). The lowest BCUT2D eigenvalue weighted by molar-refractivity contribution is 0.0485. The van der Waals surface area contributed by atoms with Crippen molar-refractivity contribution in [3.63, 3.8) is 0 Å². The fraction of sp³-hybridized carbons (Fsp3) is 0.625. The number of amides is 2. The summed E-state index contributed by atoms with van der Waals surface area (Å²) in [6, 6.07) is 7.61. The first kappa shape index (κ1) is 27.3. The van der Waals surface area contributed by atoms with Crippen LogP contribution in [0, 0.1) is 5.92 Å². The van der Waals surface area contributed by atoms with Gasteiger partial charge in [0.15, 0.2) is 5.96 Å². The summed E-state index contributed by atoms with van der Waals surface area (Å²) in [5.41, 5.74) is 1.22. The standard InChI is InChI=1S/C24H41N5O3/c1-17(2)20(28-23(31)32-24(3,4)5)13-15-29(8)22(26-7)27-14-12-18-10-9-11-19(16-18)21(30)25-6/h9-11,16-17,20H,12-15H2,1-8H3,(H,25,30)(H,26,27)(H,28,31). The van der Waals surface area contributed by atoms with Gasteiger partial charge in [0, 0.05) is 45.8 Å². The summed E-state index contributed by atoms with van der Waals surface area (Å²) in [7, 11) is 5.36. The second-order valence-electron chi connectivity index (χ2n) is 9.21. The first-order chi connectivity index (χ1) is 15.0. The third-order valence-electron chi connectivity index (χ3n) is 4.97. The zero-order valence-corrected chi connectivity index (χ0v) is 20.9. The quantitative estimate of drug-likeness (QED) is 0.400. The van der Waals surface area contributed by atoms with E-state index in [-0.39, 0.29) is 24.0 Å². The fourth-order valence-electron chi connectivity index (χ4n) is 3.19. The van der Waals surface area contributed by atoms with E-state index in [2.05, 4.69) is 34.8 Å². The molecule has 0 spiro atoms. The fourth-order valence-corrected chi connectivity index (χ4v) is 3.19. The SMILES string of the molecule is CN=C(NCCc1cccc(C(=O)NC)c1)N(C)CCC(NC(=O)OC(C)(C)C)C(C)C. The van der Waals surface area contributed by atoms with Crippen molar-refractivity contribution < 1.29 is 14.3 Å². The zero-order valence-electron chi connectivity index (χ0n) is 20.9. The summed E-state index contributed by atoms with van der Waals surface area (Å²) in [5, 5.41) is 9.00. The Kier molecular flexibility index (Phi) is 11.0. The monoisotopic (exact) mass is 447 g/mol. The van der Waals surface area contributed by atoms with Gasteiger partial charge in [0.25, 0.3) is 5.91 Å². The summed E-state index contributed by atoms with van der Waals surface area (Å²) >= 11 is 0. The van der Waals surface area contributed by atoms with Gasteiger partial charge < -0.3 is 25.6 Å². The molecule has 0 aliphatic heterocycles. The van der Waals surface area contributed by atoms with E-state index in [4.69, 9.17) is 4.74 Å². The molecule has 3 N–H and O–H groups in total. The van der Waals surface area contributed by atoms with Crippen LogP contribution in [0.1, 0.15) is 57.0 Å². The van der Waals surface area contributed by atoms with Crippen LogP contribution in [-0.4, -0.2) is 68.7 Å². The zero-order chi connectivity index (χ0) is 24.3. The molecule has 180 valence electrons. The van der Waals surface area contributed by atoms with Gasteiger partial charge in [-0.05, 0) is 57.2 Å². The van der Waals surface area contributed by atoms with E-state index in [9.17, 15) is 9.59 Å². The molecule has 0 saturated heterocycles. The van der Waals surface area contributed by atoms with Gasteiger partial charge in [0.2, 0.25) is 0 Å². The minimum atomic E-state index is -0.520. The molecule has 0 aliphatic carbocycles. The molecule has 0 bridgehead atoms. The van der Waals surface area contributed by atoms with E-state index in [1.165, 1.54) is 0 Å². The summed E-state index contributed by atoms with van der Waals surface area (Å²) in [4.78, 5) is 30.4. The number of nitrogens with one attached hydrogen (secondary N) is 3. The number of aliphatic imine (C=N–C) groups is 1. The number of guanidine groups is 1. The highest BCUT2D eigenvalue weighted by atomic mass is 16.6. The lowest BCUT2D eigenvalue weighted by Gasteiger charge is -2.28. The molecular weight excluding hydrogens is 406 g/mol. The van der Waals surface area contributed by atoms with Crippen molar-refractivity contribution in [2.24, 2.45) is 10.9 Å². The van der Waals surface area contributed by atoms with Crippen molar-refractivity contribution in [1.82, 2.24) is 20.9 Å². The number of rotatable bonds is 9. The maximum atomic E-state index is 12.2. The van der Waals surface area contributed by atoms with Gasteiger partial charge >= 0.3 is 6.09 Å². The number of carbonyl (C=O) groups excluding carboxylic acids is 2. The van der Waals surface area contributed by atoms with E-state index >= 15 is 0 Å². The Labute approximate surface area is 193 Å². The third kappa shape index (κ3) is 10.0. The Morgan fingerprint density at radius 3 is 2.47 bits per heavy atom. The smallest absolute Gasteiger partial charge is 0.407 e. The highest BCUT2D eigenvalue weighted by Gasteiger charge is 2.22. The van der Waals surface area contributed by atoms with E-state index < -0.39 is 5.60 Å². The second-order valence-corrected chi connectivity index (χ2v) is 9.21. The maximum Gasteiger partial charge on any atom is 0.407 e. The van der Waals surface area contributed by atoms with Crippen molar-refractivity contribution in [3.05, 3.63) is 35.4 Å². The van der Waals surface area contributed by atoms with Gasteiger partial charge in [-0.15, -0.1) is 0 Å². The molecule has 0 heterocycles. The molecule has 0 fully saturated rings. The predicted octanol–water partition coefficient (Wildman–Crippen LogP) is 3.04. The molecule has 1 aromatic carbocycles. The lowest BCUT2D eigenvalue weighted by atomic mass is 10.0. The second kappa shape index (κ2) is 12.9. The normalized spacial score (nSPS) is 12.8. The minimum Gasteiger partial charge on any atom is -0.444 e. The molecule has 0 radical (unpaired) electrons. The minimum absolute atomic E-state index is 0.00198. The molecule has 0 aliphatic rings. The third-order valence-corrected chi connectivity index (χ3v) is 4.97. The molecular formula is C24H41N5O3. The average Bonchev–Trinajstić information content (AvgIpc) is 2.72. The van der Waals surface area contributed by atoms with E-state index in [1.807, 2.05) is 50.9 Å². The summed E-state index contributed by atoms with van der Waals surface area (Å²) in [6.07, 6.45) is 1.15. The van der Waals surface area contributed by atoms with Crippen LogP contribution in [0.25, 0.3) is 0 Å². The van der Waals surface area contributed by atoms with Gasteiger partial charge in [-0.1, -0.05) is 26.0 Å². The molecule has 0 saturated carbocycles. The molecule has 8 heteroatoms. The highest BCUT2D eigenvalue weighted by molar-refractivity contribution is 5.94. The van der Waals surface area contributed by atoms with Crippen molar-refractivity contribution >= 4 is 18.0 Å². The molecule has 2 amide bonds. The number of benzene rings is 1. The number of hydrogen-bond donors (Lipinski definition) is 3. The van der Waals surface area contributed by atoms with Crippen molar-refractivity contribution in [2.45, 2.75) is 59.1 Å². The Morgan fingerprint density at radius 2 is 1.91 bits per heavy atom. The topological polar surface area (TPSA) is 95.1 Å². The molecule has 0 aromatic heterocycles. The average molecular weight is 448 g/mol. The predicted molar refractivity (Wildman–Crippen MR) is 130 cm³/mol.